The van der Waals surface area contributed by atoms with Gasteiger partial charge in [0, 0.05) is 37.1 Å². The Kier molecular flexibility index (Phi) is 5.22. The molecule has 2 aromatic heterocycles. The maximum absolute atomic E-state index is 5.31. The van der Waals surface area contributed by atoms with E-state index in [1.165, 1.54) is 5.56 Å². The average molecular weight is 340 g/mol. The number of nitrogens with zero attached hydrogens (tertiary/aromatic N) is 4. The van der Waals surface area contributed by atoms with Crippen molar-refractivity contribution in [2.75, 3.05) is 5.32 Å². The molecule has 3 rings (SSSR count). The number of hydrogen-bond donors (Lipinski definition) is 2. The Hall–Kier alpha value is -2.67. The fourth-order valence-electron chi connectivity index (χ4n) is 2.30. The van der Waals surface area contributed by atoms with Crippen LogP contribution in [0, 0.1) is 0 Å². The van der Waals surface area contributed by atoms with Crippen molar-refractivity contribution in [3.05, 3.63) is 66.1 Å². The second-order valence-corrected chi connectivity index (χ2v) is 5.80. The molecule has 0 aliphatic rings. The van der Waals surface area contributed by atoms with Crippen LogP contribution in [-0.2, 0) is 19.6 Å². The lowest BCUT2D eigenvalue weighted by atomic mass is 10.2. The zero-order chi connectivity index (χ0) is 16.8. The molecule has 2 N–H and O–H groups in total. The molecule has 0 saturated heterocycles. The van der Waals surface area contributed by atoms with Gasteiger partial charge in [-0.2, -0.15) is 10.2 Å². The fourth-order valence-corrected chi connectivity index (χ4v) is 2.48. The summed E-state index contributed by atoms with van der Waals surface area (Å²) in [6.45, 7) is 4.29. The zero-order valence-electron chi connectivity index (χ0n) is 13.5. The second-order valence-electron chi connectivity index (χ2n) is 5.40. The molecule has 0 atom stereocenters. The Morgan fingerprint density at radius 1 is 1.12 bits per heavy atom. The maximum atomic E-state index is 5.31. The van der Waals surface area contributed by atoms with Gasteiger partial charge >= 0.3 is 0 Å². The first-order valence-corrected chi connectivity index (χ1v) is 8.27. The number of hydrogen-bond acceptors (Lipinski definition) is 3. The molecule has 0 aliphatic heterocycles. The highest BCUT2D eigenvalue weighted by Gasteiger charge is 2.03. The first-order chi connectivity index (χ1) is 11.7. The number of rotatable bonds is 6. The van der Waals surface area contributed by atoms with E-state index in [2.05, 4.69) is 39.9 Å². The van der Waals surface area contributed by atoms with Crippen molar-refractivity contribution in [2.24, 2.45) is 0 Å². The van der Waals surface area contributed by atoms with Gasteiger partial charge in [0.1, 0.15) is 0 Å². The molecule has 0 saturated carbocycles. The van der Waals surface area contributed by atoms with Crippen LogP contribution in [0.5, 0.6) is 0 Å². The van der Waals surface area contributed by atoms with Gasteiger partial charge in [0.15, 0.2) is 10.9 Å². The van der Waals surface area contributed by atoms with Crippen LogP contribution in [0.3, 0.4) is 0 Å². The van der Waals surface area contributed by atoms with Gasteiger partial charge in [-0.1, -0.05) is 30.3 Å². The molecule has 6 nitrogen and oxygen atoms in total. The summed E-state index contributed by atoms with van der Waals surface area (Å²) in [5.74, 6) is 0.729. The molecular weight excluding hydrogens is 320 g/mol. The van der Waals surface area contributed by atoms with E-state index >= 15 is 0 Å². The van der Waals surface area contributed by atoms with Crippen LogP contribution in [-0.4, -0.2) is 24.7 Å². The molecule has 0 amide bonds. The van der Waals surface area contributed by atoms with E-state index in [1.54, 1.807) is 0 Å². The molecule has 3 aromatic rings. The fraction of sp³-hybridized carbons (Fsp3) is 0.235. The van der Waals surface area contributed by atoms with Gasteiger partial charge in [0.2, 0.25) is 0 Å². The highest BCUT2D eigenvalue weighted by molar-refractivity contribution is 7.80. The lowest BCUT2D eigenvalue weighted by molar-refractivity contribution is 0.659. The number of anilines is 1. The number of aryl methyl sites for hydroxylation is 1. The Morgan fingerprint density at radius 3 is 2.71 bits per heavy atom. The van der Waals surface area contributed by atoms with E-state index in [0.29, 0.717) is 11.7 Å². The van der Waals surface area contributed by atoms with Gasteiger partial charge in [0.05, 0.1) is 12.7 Å². The highest BCUT2D eigenvalue weighted by atomic mass is 32.1. The van der Waals surface area contributed by atoms with Crippen molar-refractivity contribution >= 4 is 23.1 Å². The van der Waals surface area contributed by atoms with Crippen LogP contribution in [0.2, 0.25) is 0 Å². The van der Waals surface area contributed by atoms with Gasteiger partial charge in [-0.25, -0.2) is 0 Å². The molecule has 0 fully saturated rings. The Morgan fingerprint density at radius 2 is 1.96 bits per heavy atom. The van der Waals surface area contributed by atoms with Crippen LogP contribution in [0.15, 0.2) is 55.0 Å². The molecule has 2 heterocycles. The summed E-state index contributed by atoms with van der Waals surface area (Å²) >= 11 is 5.31. The molecule has 7 heteroatoms. The first kappa shape index (κ1) is 16.2. The number of benzene rings is 1. The van der Waals surface area contributed by atoms with Gasteiger partial charge in [-0.15, -0.1) is 0 Å². The molecule has 1 aromatic carbocycles. The summed E-state index contributed by atoms with van der Waals surface area (Å²) in [5.41, 5.74) is 2.30. The molecular formula is C17H20N6S. The van der Waals surface area contributed by atoms with Crippen LogP contribution < -0.4 is 10.6 Å². The minimum Gasteiger partial charge on any atom is -0.358 e. The van der Waals surface area contributed by atoms with Crippen LogP contribution >= 0.6 is 12.2 Å². The van der Waals surface area contributed by atoms with E-state index < -0.39 is 0 Å². The van der Waals surface area contributed by atoms with E-state index in [4.69, 9.17) is 12.2 Å². The SMILES string of the molecule is CCn1cc(CNC(=S)Nc2ccn(Cc3ccccc3)n2)cn1. The first-order valence-electron chi connectivity index (χ1n) is 7.86. The topological polar surface area (TPSA) is 59.7 Å². The molecule has 0 bridgehead atoms. The predicted molar refractivity (Wildman–Crippen MR) is 98.7 cm³/mol. The summed E-state index contributed by atoms with van der Waals surface area (Å²) < 4.78 is 3.77. The Balaban J connectivity index is 1.49. The van der Waals surface area contributed by atoms with Crippen LogP contribution in [0.1, 0.15) is 18.1 Å². The third-order valence-electron chi connectivity index (χ3n) is 3.53. The standard InChI is InChI=1S/C17H20N6S/c1-2-22-13-15(11-19-22)10-18-17(24)20-16-8-9-23(21-16)12-14-6-4-3-5-7-14/h3-9,11,13H,2,10,12H2,1H3,(H2,18,20,21,24). The predicted octanol–water partition coefficient (Wildman–Crippen LogP) is 2.63. The molecule has 0 spiro atoms. The van der Waals surface area contributed by atoms with Gasteiger partial charge in [0.25, 0.3) is 0 Å². The van der Waals surface area contributed by atoms with Crippen molar-refractivity contribution in [1.82, 2.24) is 24.9 Å². The molecule has 0 unspecified atom stereocenters. The summed E-state index contributed by atoms with van der Waals surface area (Å²) in [7, 11) is 0. The summed E-state index contributed by atoms with van der Waals surface area (Å²) in [6.07, 6.45) is 5.78. The summed E-state index contributed by atoms with van der Waals surface area (Å²) in [6, 6.07) is 12.1. The monoisotopic (exact) mass is 340 g/mol. The van der Waals surface area contributed by atoms with E-state index in [9.17, 15) is 0 Å². The minimum atomic E-state index is 0.546. The zero-order valence-corrected chi connectivity index (χ0v) is 14.3. The molecule has 0 radical (unpaired) electrons. The maximum Gasteiger partial charge on any atom is 0.172 e. The normalized spacial score (nSPS) is 10.5. The summed E-state index contributed by atoms with van der Waals surface area (Å²) in [5, 5.41) is 15.5. The quantitative estimate of drug-likeness (QED) is 0.676. The van der Waals surface area contributed by atoms with Crippen molar-refractivity contribution in [3.8, 4) is 0 Å². The average Bonchev–Trinajstić information content (AvgIpc) is 3.23. The van der Waals surface area contributed by atoms with Gasteiger partial charge < -0.3 is 10.6 Å². The largest absolute Gasteiger partial charge is 0.358 e. The number of aromatic nitrogens is 4. The number of nitrogens with one attached hydrogen (secondary N) is 2. The lowest BCUT2D eigenvalue weighted by Gasteiger charge is -2.07. The Labute approximate surface area is 146 Å². The van der Waals surface area contributed by atoms with E-state index in [1.807, 2.05) is 52.2 Å². The number of thiocarbonyl (C=S) groups is 1. The van der Waals surface area contributed by atoms with Crippen molar-refractivity contribution in [2.45, 2.75) is 26.6 Å². The molecule has 24 heavy (non-hydrogen) atoms. The third kappa shape index (κ3) is 4.42. The third-order valence-corrected chi connectivity index (χ3v) is 3.78. The van der Waals surface area contributed by atoms with Crippen molar-refractivity contribution in [3.63, 3.8) is 0 Å². The van der Waals surface area contributed by atoms with Crippen molar-refractivity contribution in [1.29, 1.82) is 0 Å². The Bertz CT molecular complexity index is 792. The van der Waals surface area contributed by atoms with Crippen molar-refractivity contribution < 1.29 is 0 Å². The second kappa shape index (κ2) is 7.74. The summed E-state index contributed by atoms with van der Waals surface area (Å²) in [4.78, 5) is 0. The van der Waals surface area contributed by atoms with E-state index in [0.717, 1.165) is 24.5 Å². The lowest BCUT2D eigenvalue weighted by Crippen LogP contribution is -2.28. The van der Waals surface area contributed by atoms with Crippen LogP contribution in [0.4, 0.5) is 5.82 Å². The van der Waals surface area contributed by atoms with Gasteiger partial charge in [-0.3, -0.25) is 9.36 Å². The molecule has 0 aliphatic carbocycles. The smallest absolute Gasteiger partial charge is 0.172 e. The van der Waals surface area contributed by atoms with Gasteiger partial charge in [-0.05, 0) is 24.7 Å². The molecule has 124 valence electrons. The van der Waals surface area contributed by atoms with E-state index in [-0.39, 0.29) is 0 Å². The highest BCUT2D eigenvalue weighted by Crippen LogP contribution is 2.06. The van der Waals surface area contributed by atoms with Crippen LogP contribution in [0.25, 0.3) is 0 Å². The minimum absolute atomic E-state index is 0.546.